The normalized spacial score (nSPS) is 20.6. The molecule has 1 fully saturated rings. The molecule has 0 radical (unpaired) electrons. The van der Waals surface area contributed by atoms with Gasteiger partial charge in [-0.25, -0.2) is 9.97 Å². The molecular weight excluding hydrogens is 236 g/mol. The van der Waals surface area contributed by atoms with Crippen LogP contribution in [0.1, 0.15) is 19.3 Å². The van der Waals surface area contributed by atoms with Crippen molar-refractivity contribution in [1.29, 1.82) is 0 Å². The zero-order chi connectivity index (χ0) is 13.1. The number of nitrogens with zero attached hydrogens (tertiary/aromatic N) is 3. The number of hydrogen-bond acceptors (Lipinski definition) is 4. The molecule has 2 heterocycles. The highest BCUT2D eigenvalue weighted by Crippen LogP contribution is 2.16. The second kappa shape index (κ2) is 5.53. The van der Waals surface area contributed by atoms with Crippen molar-refractivity contribution < 1.29 is 0 Å². The van der Waals surface area contributed by atoms with Gasteiger partial charge in [0.2, 0.25) is 5.95 Å². The predicted octanol–water partition coefficient (Wildman–Crippen LogP) is 2.53. The maximum absolute atomic E-state index is 4.54. The topological polar surface area (TPSA) is 41.0 Å². The third-order valence-corrected chi connectivity index (χ3v) is 3.91. The van der Waals surface area contributed by atoms with Gasteiger partial charge in [0, 0.05) is 24.2 Å². The highest BCUT2D eigenvalue weighted by molar-refractivity contribution is 5.78. The Morgan fingerprint density at radius 3 is 3.11 bits per heavy atom. The second-order valence-electron chi connectivity index (χ2n) is 5.26. The summed E-state index contributed by atoms with van der Waals surface area (Å²) in [6.07, 6.45) is 5.79. The molecule has 0 amide bonds. The van der Waals surface area contributed by atoms with Crippen LogP contribution in [0.4, 0.5) is 5.95 Å². The highest BCUT2D eigenvalue weighted by Gasteiger charge is 2.18. The Kier molecular flexibility index (Phi) is 3.60. The first-order valence-corrected chi connectivity index (χ1v) is 6.99. The van der Waals surface area contributed by atoms with E-state index in [4.69, 9.17) is 0 Å². The summed E-state index contributed by atoms with van der Waals surface area (Å²) >= 11 is 0. The molecular formula is C15H20N4. The van der Waals surface area contributed by atoms with E-state index in [1.54, 1.807) is 0 Å². The summed E-state index contributed by atoms with van der Waals surface area (Å²) in [6, 6.07) is 8.68. The van der Waals surface area contributed by atoms with Crippen LogP contribution in [0, 0.1) is 0 Å². The van der Waals surface area contributed by atoms with Crippen molar-refractivity contribution in [1.82, 2.24) is 14.9 Å². The van der Waals surface area contributed by atoms with E-state index in [9.17, 15) is 0 Å². The van der Waals surface area contributed by atoms with Gasteiger partial charge < -0.3 is 10.2 Å². The first-order chi connectivity index (χ1) is 9.33. The lowest BCUT2D eigenvalue weighted by Crippen LogP contribution is -2.40. The minimum absolute atomic E-state index is 0.601. The molecule has 1 unspecified atom stereocenters. The zero-order valence-electron chi connectivity index (χ0n) is 11.3. The summed E-state index contributed by atoms with van der Waals surface area (Å²) < 4.78 is 0. The number of likely N-dealkylation sites (tertiary alicyclic amines) is 1. The van der Waals surface area contributed by atoms with Crippen LogP contribution in [-0.4, -0.2) is 41.0 Å². The highest BCUT2D eigenvalue weighted by atomic mass is 15.2. The van der Waals surface area contributed by atoms with Crippen molar-refractivity contribution in [3.8, 4) is 0 Å². The van der Waals surface area contributed by atoms with E-state index in [0.717, 1.165) is 23.4 Å². The Balaban J connectivity index is 1.67. The van der Waals surface area contributed by atoms with Gasteiger partial charge in [-0.1, -0.05) is 24.6 Å². The standard InChI is InChI=1S/C15H20N4/c1-19-9-5-4-7-13(19)11-17-15-16-10-12-6-2-3-8-14(12)18-15/h2-3,6,8,10,13H,4-5,7,9,11H2,1H3,(H,16,17,18). The summed E-state index contributed by atoms with van der Waals surface area (Å²) in [5.41, 5.74) is 0.997. The lowest BCUT2D eigenvalue weighted by Gasteiger charge is -2.32. The monoisotopic (exact) mass is 256 g/mol. The van der Waals surface area contributed by atoms with Crippen molar-refractivity contribution >= 4 is 16.9 Å². The van der Waals surface area contributed by atoms with Gasteiger partial charge in [-0.15, -0.1) is 0 Å². The van der Waals surface area contributed by atoms with Crippen LogP contribution < -0.4 is 5.32 Å². The summed E-state index contributed by atoms with van der Waals surface area (Å²) in [6.45, 7) is 2.12. The SMILES string of the molecule is CN1CCCCC1CNc1ncc2ccccc2n1. The van der Waals surface area contributed by atoms with Gasteiger partial charge in [0.15, 0.2) is 0 Å². The molecule has 0 bridgehead atoms. The average molecular weight is 256 g/mol. The Hall–Kier alpha value is -1.68. The Morgan fingerprint density at radius 2 is 2.21 bits per heavy atom. The van der Waals surface area contributed by atoms with Gasteiger partial charge in [-0.05, 0) is 32.5 Å². The van der Waals surface area contributed by atoms with Crippen LogP contribution in [0.15, 0.2) is 30.5 Å². The number of para-hydroxylation sites is 1. The number of aromatic nitrogens is 2. The fourth-order valence-corrected chi connectivity index (χ4v) is 2.67. The van der Waals surface area contributed by atoms with Crippen molar-refractivity contribution in [2.45, 2.75) is 25.3 Å². The number of rotatable bonds is 3. The molecule has 1 N–H and O–H groups in total. The fraction of sp³-hybridized carbons (Fsp3) is 0.467. The van der Waals surface area contributed by atoms with E-state index in [1.807, 2.05) is 30.5 Å². The number of nitrogens with one attached hydrogen (secondary N) is 1. The van der Waals surface area contributed by atoms with Crippen molar-refractivity contribution in [2.24, 2.45) is 0 Å². The fourth-order valence-electron chi connectivity index (χ4n) is 2.67. The molecule has 0 spiro atoms. The molecule has 3 rings (SSSR count). The van der Waals surface area contributed by atoms with E-state index in [-0.39, 0.29) is 0 Å². The molecule has 4 nitrogen and oxygen atoms in total. The minimum Gasteiger partial charge on any atom is -0.353 e. The van der Waals surface area contributed by atoms with Crippen LogP contribution in [-0.2, 0) is 0 Å². The van der Waals surface area contributed by atoms with Crippen LogP contribution in [0.3, 0.4) is 0 Å². The summed E-state index contributed by atoms with van der Waals surface area (Å²) in [5, 5.41) is 4.46. The first-order valence-electron chi connectivity index (χ1n) is 6.99. The maximum atomic E-state index is 4.54. The van der Waals surface area contributed by atoms with Crippen LogP contribution >= 0.6 is 0 Å². The van der Waals surface area contributed by atoms with Crippen LogP contribution in [0.5, 0.6) is 0 Å². The van der Waals surface area contributed by atoms with Crippen molar-refractivity contribution in [3.63, 3.8) is 0 Å². The van der Waals surface area contributed by atoms with Gasteiger partial charge in [-0.3, -0.25) is 0 Å². The van der Waals surface area contributed by atoms with Gasteiger partial charge in [0.1, 0.15) is 0 Å². The Morgan fingerprint density at radius 1 is 1.32 bits per heavy atom. The minimum atomic E-state index is 0.601. The number of benzene rings is 1. The lowest BCUT2D eigenvalue weighted by atomic mass is 10.0. The van der Waals surface area contributed by atoms with E-state index < -0.39 is 0 Å². The second-order valence-corrected chi connectivity index (χ2v) is 5.26. The molecule has 1 saturated heterocycles. The van der Waals surface area contributed by atoms with E-state index in [1.165, 1.54) is 25.8 Å². The third kappa shape index (κ3) is 2.84. The molecule has 1 aromatic heterocycles. The van der Waals surface area contributed by atoms with Crippen molar-refractivity contribution in [3.05, 3.63) is 30.5 Å². The molecule has 0 aliphatic carbocycles. The first kappa shape index (κ1) is 12.4. The molecule has 100 valence electrons. The smallest absolute Gasteiger partial charge is 0.223 e. The maximum Gasteiger partial charge on any atom is 0.223 e. The van der Waals surface area contributed by atoms with Crippen LogP contribution in [0.2, 0.25) is 0 Å². The average Bonchev–Trinajstić information content (AvgIpc) is 2.46. The quantitative estimate of drug-likeness (QED) is 0.916. The third-order valence-electron chi connectivity index (χ3n) is 3.91. The number of hydrogen-bond donors (Lipinski definition) is 1. The van der Waals surface area contributed by atoms with E-state index in [0.29, 0.717) is 6.04 Å². The van der Waals surface area contributed by atoms with Gasteiger partial charge in [0.25, 0.3) is 0 Å². The molecule has 2 aromatic rings. The Labute approximate surface area is 113 Å². The molecule has 1 aromatic carbocycles. The molecule has 1 aliphatic rings. The summed E-state index contributed by atoms with van der Waals surface area (Å²) in [4.78, 5) is 11.3. The molecule has 4 heteroatoms. The van der Waals surface area contributed by atoms with Crippen LogP contribution in [0.25, 0.3) is 10.9 Å². The van der Waals surface area contributed by atoms with Gasteiger partial charge in [-0.2, -0.15) is 0 Å². The number of fused-ring (bicyclic) bond motifs is 1. The van der Waals surface area contributed by atoms with Gasteiger partial charge >= 0.3 is 0 Å². The summed E-state index contributed by atoms with van der Waals surface area (Å²) in [7, 11) is 2.20. The van der Waals surface area contributed by atoms with E-state index in [2.05, 4.69) is 27.2 Å². The zero-order valence-corrected chi connectivity index (χ0v) is 11.3. The molecule has 1 aliphatic heterocycles. The number of piperidine rings is 1. The Bertz CT molecular complexity index is 555. The largest absolute Gasteiger partial charge is 0.353 e. The van der Waals surface area contributed by atoms with Crippen molar-refractivity contribution in [2.75, 3.05) is 25.5 Å². The lowest BCUT2D eigenvalue weighted by molar-refractivity contribution is 0.194. The van der Waals surface area contributed by atoms with E-state index >= 15 is 0 Å². The molecule has 0 saturated carbocycles. The number of likely N-dealkylation sites (N-methyl/N-ethyl adjacent to an activating group) is 1. The van der Waals surface area contributed by atoms with Gasteiger partial charge in [0.05, 0.1) is 5.52 Å². The number of anilines is 1. The molecule has 19 heavy (non-hydrogen) atoms. The summed E-state index contributed by atoms with van der Waals surface area (Å²) in [5.74, 6) is 0.734. The molecule has 1 atom stereocenters. The predicted molar refractivity (Wildman–Crippen MR) is 78.3 cm³/mol.